The molecule has 2 N–H and O–H groups in total. The molecule has 0 aliphatic carbocycles. The minimum absolute atomic E-state index is 0.0971. The number of aliphatic hydroxyl groups is 1. The van der Waals surface area contributed by atoms with Gasteiger partial charge in [0, 0.05) is 24.3 Å². The summed E-state index contributed by atoms with van der Waals surface area (Å²) in [6.07, 6.45) is 1.00. The monoisotopic (exact) mass is 394 g/mol. The van der Waals surface area contributed by atoms with Crippen molar-refractivity contribution in [3.8, 4) is 0 Å². The lowest BCUT2D eigenvalue weighted by molar-refractivity contribution is 0.102. The molecule has 1 aliphatic heterocycles. The van der Waals surface area contributed by atoms with E-state index < -0.39 is 23.6 Å². The van der Waals surface area contributed by atoms with Crippen LogP contribution in [0.25, 0.3) is 0 Å². The third-order valence-electron chi connectivity index (χ3n) is 4.68. The van der Waals surface area contributed by atoms with E-state index in [0.29, 0.717) is 31.1 Å². The largest absolute Gasteiger partial charge is 0.391 e. The molecule has 144 valence electrons. The van der Waals surface area contributed by atoms with E-state index in [1.165, 1.54) is 30.3 Å². The molecule has 4 nitrogen and oxygen atoms in total. The molecule has 0 spiro atoms. The minimum atomic E-state index is -0.576. The van der Waals surface area contributed by atoms with Gasteiger partial charge in [0.05, 0.1) is 16.8 Å². The van der Waals surface area contributed by atoms with Gasteiger partial charge in [0.2, 0.25) is 0 Å². The van der Waals surface area contributed by atoms with Gasteiger partial charge in [-0.1, -0.05) is 18.5 Å². The number of β-amino-alcohol motifs (C(OH)–C–C–N with tert-alkyl or cyclic N) is 1. The van der Waals surface area contributed by atoms with Crippen LogP contribution in [0.4, 0.5) is 20.2 Å². The molecule has 7 heteroatoms. The number of nitrogens with zero attached hydrogens (tertiary/aromatic N) is 1. The molecule has 2 aromatic rings. The van der Waals surface area contributed by atoms with E-state index >= 15 is 0 Å². The number of carbonyl (C=O) groups excluding carboxylic acids is 1. The normalized spacial score (nSPS) is 20.3. The summed E-state index contributed by atoms with van der Waals surface area (Å²) in [4.78, 5) is 14.3. The molecule has 2 atom stereocenters. The number of benzene rings is 2. The Hall–Kier alpha value is -2.18. The van der Waals surface area contributed by atoms with Crippen molar-refractivity contribution in [1.29, 1.82) is 0 Å². The Balaban J connectivity index is 1.83. The van der Waals surface area contributed by atoms with Crippen molar-refractivity contribution in [2.45, 2.75) is 25.9 Å². The molecule has 27 heavy (non-hydrogen) atoms. The van der Waals surface area contributed by atoms with Crippen molar-refractivity contribution in [2.24, 2.45) is 5.92 Å². The van der Waals surface area contributed by atoms with E-state index in [-0.39, 0.29) is 16.3 Å². The Morgan fingerprint density at radius 3 is 2.63 bits per heavy atom. The fourth-order valence-corrected chi connectivity index (χ4v) is 3.42. The topological polar surface area (TPSA) is 52.6 Å². The Morgan fingerprint density at radius 1 is 1.15 bits per heavy atom. The number of hydrogen-bond donors (Lipinski definition) is 2. The predicted molar refractivity (Wildman–Crippen MR) is 102 cm³/mol. The van der Waals surface area contributed by atoms with Gasteiger partial charge >= 0.3 is 0 Å². The summed E-state index contributed by atoms with van der Waals surface area (Å²) in [5.74, 6) is -1.17. The number of aliphatic hydroxyl groups excluding tert-OH is 1. The quantitative estimate of drug-likeness (QED) is 0.807. The predicted octanol–water partition coefficient (Wildman–Crippen LogP) is 4.47. The standard InChI is InChI=1S/C20H21ClF2N2O2/c1-12-2-5-15(26)11-25(10-12)19-8-13(3-6-18(19)23)20(27)24-14-4-7-17(22)16(21)9-14/h3-4,6-9,12,15,26H,2,5,10-11H2,1H3,(H,24,27). The first-order valence-electron chi connectivity index (χ1n) is 8.82. The first kappa shape index (κ1) is 19.6. The highest BCUT2D eigenvalue weighted by atomic mass is 35.5. The van der Waals surface area contributed by atoms with E-state index in [1.54, 1.807) is 4.90 Å². The number of carbonyl (C=O) groups is 1. The molecule has 0 radical (unpaired) electrons. The van der Waals surface area contributed by atoms with E-state index in [4.69, 9.17) is 11.6 Å². The highest BCUT2D eigenvalue weighted by Crippen LogP contribution is 2.27. The van der Waals surface area contributed by atoms with Gasteiger partial charge in [0.25, 0.3) is 5.91 Å². The van der Waals surface area contributed by atoms with Crippen molar-refractivity contribution in [3.63, 3.8) is 0 Å². The Kier molecular flexibility index (Phi) is 5.97. The smallest absolute Gasteiger partial charge is 0.255 e. The maximum atomic E-state index is 14.4. The molecule has 1 heterocycles. The zero-order valence-electron chi connectivity index (χ0n) is 14.9. The Labute approximate surface area is 161 Å². The lowest BCUT2D eigenvalue weighted by atomic mass is 10.1. The molecule has 0 saturated carbocycles. The second-order valence-corrected chi connectivity index (χ2v) is 7.40. The highest BCUT2D eigenvalue weighted by molar-refractivity contribution is 6.31. The van der Waals surface area contributed by atoms with Crippen LogP contribution in [0.2, 0.25) is 5.02 Å². The molecule has 3 rings (SSSR count). The van der Waals surface area contributed by atoms with Crippen LogP contribution in [-0.2, 0) is 0 Å². The number of amides is 1. The maximum Gasteiger partial charge on any atom is 0.255 e. The summed E-state index contributed by atoms with van der Waals surface area (Å²) in [7, 11) is 0. The van der Waals surface area contributed by atoms with Gasteiger partial charge in [-0.3, -0.25) is 4.79 Å². The maximum absolute atomic E-state index is 14.4. The van der Waals surface area contributed by atoms with Crippen LogP contribution in [0.3, 0.4) is 0 Å². The van der Waals surface area contributed by atoms with Gasteiger partial charge in [0.15, 0.2) is 0 Å². The van der Waals surface area contributed by atoms with Gasteiger partial charge in [-0.25, -0.2) is 8.78 Å². The highest BCUT2D eigenvalue weighted by Gasteiger charge is 2.23. The molecule has 1 aliphatic rings. The second kappa shape index (κ2) is 8.23. The van der Waals surface area contributed by atoms with Gasteiger partial charge in [-0.15, -0.1) is 0 Å². The lowest BCUT2D eigenvalue weighted by Gasteiger charge is -2.27. The number of rotatable bonds is 3. The molecule has 0 bridgehead atoms. The zero-order chi connectivity index (χ0) is 19.6. The van der Waals surface area contributed by atoms with Crippen LogP contribution >= 0.6 is 11.6 Å². The van der Waals surface area contributed by atoms with Crippen LogP contribution in [0, 0.1) is 17.6 Å². The number of hydrogen-bond acceptors (Lipinski definition) is 3. The van der Waals surface area contributed by atoms with Crippen LogP contribution in [0.5, 0.6) is 0 Å². The zero-order valence-corrected chi connectivity index (χ0v) is 15.6. The van der Waals surface area contributed by atoms with Gasteiger partial charge in [-0.05, 0) is 55.2 Å². The lowest BCUT2D eigenvalue weighted by Crippen LogP contribution is -2.33. The van der Waals surface area contributed by atoms with E-state index in [2.05, 4.69) is 12.2 Å². The second-order valence-electron chi connectivity index (χ2n) is 6.99. The molecule has 1 fully saturated rings. The summed E-state index contributed by atoms with van der Waals surface area (Å²) < 4.78 is 27.7. The number of nitrogens with one attached hydrogen (secondary N) is 1. The van der Waals surface area contributed by atoms with Crippen molar-refractivity contribution in [3.05, 3.63) is 58.6 Å². The van der Waals surface area contributed by atoms with Gasteiger partial charge in [0.1, 0.15) is 11.6 Å². The fourth-order valence-electron chi connectivity index (χ4n) is 3.23. The van der Waals surface area contributed by atoms with E-state index in [9.17, 15) is 18.7 Å². The fraction of sp³-hybridized carbons (Fsp3) is 0.350. The average Bonchev–Trinajstić information content (AvgIpc) is 2.79. The van der Waals surface area contributed by atoms with Crippen LogP contribution in [-0.4, -0.2) is 30.2 Å². The summed E-state index contributed by atoms with van der Waals surface area (Å²) in [5.41, 5.74) is 0.891. The third kappa shape index (κ3) is 4.76. The summed E-state index contributed by atoms with van der Waals surface area (Å²) in [6, 6.07) is 7.97. The van der Waals surface area contributed by atoms with Gasteiger partial charge in [-0.2, -0.15) is 0 Å². The number of anilines is 2. The molecule has 0 aromatic heterocycles. The average molecular weight is 395 g/mol. The summed E-state index contributed by atoms with van der Waals surface area (Å²) in [5, 5.41) is 12.6. The Morgan fingerprint density at radius 2 is 1.89 bits per heavy atom. The van der Waals surface area contributed by atoms with Crippen molar-refractivity contribution < 1.29 is 18.7 Å². The molecular formula is C20H21ClF2N2O2. The Bertz CT molecular complexity index is 835. The molecular weight excluding hydrogens is 374 g/mol. The van der Waals surface area contributed by atoms with Crippen LogP contribution < -0.4 is 10.2 Å². The first-order chi connectivity index (χ1) is 12.8. The minimum Gasteiger partial charge on any atom is -0.391 e. The molecule has 1 saturated heterocycles. The third-order valence-corrected chi connectivity index (χ3v) is 4.97. The van der Waals surface area contributed by atoms with E-state index in [1.807, 2.05) is 0 Å². The van der Waals surface area contributed by atoms with Gasteiger partial charge < -0.3 is 15.3 Å². The molecule has 2 unspecified atom stereocenters. The summed E-state index contributed by atoms with van der Waals surface area (Å²) in [6.45, 7) is 2.98. The molecule has 1 amide bonds. The SMILES string of the molecule is CC1CCC(O)CN(c2cc(C(=O)Nc3ccc(F)c(Cl)c3)ccc2F)C1. The van der Waals surface area contributed by atoms with Crippen molar-refractivity contribution in [2.75, 3.05) is 23.3 Å². The summed E-state index contributed by atoms with van der Waals surface area (Å²) >= 11 is 5.73. The first-order valence-corrected chi connectivity index (χ1v) is 9.20. The van der Waals surface area contributed by atoms with Crippen LogP contribution in [0.15, 0.2) is 36.4 Å². The van der Waals surface area contributed by atoms with E-state index in [0.717, 1.165) is 12.5 Å². The van der Waals surface area contributed by atoms with Crippen molar-refractivity contribution in [1.82, 2.24) is 0 Å². The van der Waals surface area contributed by atoms with Crippen molar-refractivity contribution >= 4 is 28.9 Å². The van der Waals surface area contributed by atoms with Crippen LogP contribution in [0.1, 0.15) is 30.1 Å². The number of halogens is 3. The molecule has 2 aromatic carbocycles.